The van der Waals surface area contributed by atoms with E-state index in [1.807, 2.05) is 36.4 Å². The molecule has 0 saturated heterocycles. The van der Waals surface area contributed by atoms with E-state index in [0.717, 1.165) is 28.4 Å². The maximum atomic E-state index is 5.38. The number of rotatable bonds is 3. The number of benzene rings is 2. The molecule has 3 heterocycles. The molecule has 0 bridgehead atoms. The summed E-state index contributed by atoms with van der Waals surface area (Å²) >= 11 is 0. The molecule has 7 nitrogen and oxygen atoms in total. The van der Waals surface area contributed by atoms with E-state index in [1.54, 1.807) is 0 Å². The second kappa shape index (κ2) is 5.16. The van der Waals surface area contributed by atoms with Crippen LogP contribution in [0.1, 0.15) is 11.5 Å². The second-order valence-corrected chi connectivity index (χ2v) is 5.44. The molecule has 0 saturated carbocycles. The summed E-state index contributed by atoms with van der Waals surface area (Å²) in [7, 11) is 0. The molecule has 0 spiro atoms. The number of ether oxygens (including phenoxy) is 4. The highest BCUT2D eigenvalue weighted by atomic mass is 16.7. The van der Waals surface area contributed by atoms with E-state index in [2.05, 4.69) is 10.1 Å². The summed E-state index contributed by atoms with van der Waals surface area (Å²) in [6, 6.07) is 11.3. The van der Waals surface area contributed by atoms with Gasteiger partial charge in [0.05, 0.1) is 6.42 Å². The lowest BCUT2D eigenvalue weighted by Crippen LogP contribution is -1.93. The van der Waals surface area contributed by atoms with Crippen LogP contribution in [0.2, 0.25) is 0 Å². The molecule has 0 aliphatic carbocycles. The van der Waals surface area contributed by atoms with Crippen LogP contribution < -0.4 is 18.9 Å². The minimum absolute atomic E-state index is 0.237. The topological polar surface area (TPSA) is 75.8 Å². The summed E-state index contributed by atoms with van der Waals surface area (Å²) in [5.74, 6) is 3.95. The molecular weight excluding hydrogens is 312 g/mol. The van der Waals surface area contributed by atoms with Crippen molar-refractivity contribution >= 4 is 0 Å². The smallest absolute Gasteiger partial charge is 0.231 e. The van der Waals surface area contributed by atoms with Crippen LogP contribution in [0.25, 0.3) is 11.4 Å². The minimum Gasteiger partial charge on any atom is -0.454 e. The van der Waals surface area contributed by atoms with E-state index >= 15 is 0 Å². The van der Waals surface area contributed by atoms with Crippen molar-refractivity contribution in [1.29, 1.82) is 0 Å². The highest BCUT2D eigenvalue weighted by Crippen LogP contribution is 2.35. The van der Waals surface area contributed by atoms with E-state index < -0.39 is 0 Å². The molecule has 2 aliphatic heterocycles. The molecule has 0 fully saturated rings. The first-order valence-corrected chi connectivity index (χ1v) is 7.46. The van der Waals surface area contributed by atoms with Gasteiger partial charge in [-0.1, -0.05) is 11.2 Å². The van der Waals surface area contributed by atoms with Crippen molar-refractivity contribution in [3.05, 3.63) is 47.9 Å². The molecule has 1 aromatic heterocycles. The second-order valence-electron chi connectivity index (χ2n) is 5.44. The van der Waals surface area contributed by atoms with Crippen LogP contribution >= 0.6 is 0 Å². The van der Waals surface area contributed by atoms with Crippen molar-refractivity contribution in [3.8, 4) is 34.4 Å². The Morgan fingerprint density at radius 2 is 1.50 bits per heavy atom. The predicted molar refractivity (Wildman–Crippen MR) is 81.2 cm³/mol. The van der Waals surface area contributed by atoms with E-state index in [0.29, 0.717) is 23.9 Å². The van der Waals surface area contributed by atoms with E-state index in [1.165, 1.54) is 0 Å². The summed E-state index contributed by atoms with van der Waals surface area (Å²) in [5.41, 5.74) is 1.83. The van der Waals surface area contributed by atoms with Crippen LogP contribution in [0.5, 0.6) is 23.0 Å². The van der Waals surface area contributed by atoms with Gasteiger partial charge < -0.3 is 23.5 Å². The highest BCUT2D eigenvalue weighted by molar-refractivity contribution is 5.61. The van der Waals surface area contributed by atoms with Crippen molar-refractivity contribution < 1.29 is 23.5 Å². The maximum absolute atomic E-state index is 5.38. The number of hydrogen-bond acceptors (Lipinski definition) is 7. The molecule has 120 valence electrons. The number of hydrogen-bond donors (Lipinski definition) is 0. The molecule has 7 heteroatoms. The molecule has 24 heavy (non-hydrogen) atoms. The Kier molecular flexibility index (Phi) is 2.84. The lowest BCUT2D eigenvalue weighted by molar-refractivity contribution is 0.173. The Morgan fingerprint density at radius 3 is 2.33 bits per heavy atom. The lowest BCUT2D eigenvalue weighted by atomic mass is 10.1. The van der Waals surface area contributed by atoms with Gasteiger partial charge in [-0.25, -0.2) is 0 Å². The normalized spacial score (nSPS) is 14.2. The van der Waals surface area contributed by atoms with Gasteiger partial charge in [0, 0.05) is 5.56 Å². The zero-order valence-electron chi connectivity index (χ0n) is 12.5. The Hall–Kier alpha value is -3.22. The van der Waals surface area contributed by atoms with Gasteiger partial charge in [-0.2, -0.15) is 4.98 Å². The fourth-order valence-corrected chi connectivity index (χ4v) is 2.71. The van der Waals surface area contributed by atoms with Gasteiger partial charge in [0.1, 0.15) is 0 Å². The average Bonchev–Trinajstić information content (AvgIpc) is 3.34. The van der Waals surface area contributed by atoms with Crippen molar-refractivity contribution in [2.45, 2.75) is 6.42 Å². The standard InChI is InChI=1S/C17H12N2O5/c1-3-12-14(22-8-20-12)5-10(1)6-16-18-17(19-24-16)11-2-4-13-15(7-11)23-9-21-13/h1-5,7H,6,8-9H2. The third-order valence-corrected chi connectivity index (χ3v) is 3.89. The van der Waals surface area contributed by atoms with Gasteiger partial charge in [-0.15, -0.1) is 0 Å². The first-order chi connectivity index (χ1) is 11.8. The van der Waals surface area contributed by atoms with Crippen molar-refractivity contribution in [1.82, 2.24) is 10.1 Å². The number of aromatic nitrogens is 2. The Morgan fingerprint density at radius 1 is 0.792 bits per heavy atom. The first kappa shape index (κ1) is 13.2. The van der Waals surface area contributed by atoms with Crippen molar-refractivity contribution in [2.24, 2.45) is 0 Å². The van der Waals surface area contributed by atoms with Crippen molar-refractivity contribution in [2.75, 3.05) is 13.6 Å². The van der Waals surface area contributed by atoms with Gasteiger partial charge >= 0.3 is 0 Å². The summed E-state index contributed by atoms with van der Waals surface area (Å²) in [4.78, 5) is 4.45. The quantitative estimate of drug-likeness (QED) is 0.733. The van der Waals surface area contributed by atoms with E-state index in [9.17, 15) is 0 Å². The Labute approximate surface area is 136 Å². The van der Waals surface area contributed by atoms with Crippen LogP contribution in [0.4, 0.5) is 0 Å². The van der Waals surface area contributed by atoms with Crippen LogP contribution in [0.15, 0.2) is 40.9 Å². The maximum Gasteiger partial charge on any atom is 0.231 e. The third kappa shape index (κ3) is 2.21. The molecular formula is C17H12N2O5. The minimum atomic E-state index is 0.237. The Balaban J connectivity index is 1.39. The molecule has 2 aromatic carbocycles. The molecule has 2 aliphatic rings. The molecule has 3 aromatic rings. The fourth-order valence-electron chi connectivity index (χ4n) is 2.71. The zero-order valence-corrected chi connectivity index (χ0v) is 12.5. The third-order valence-electron chi connectivity index (χ3n) is 3.89. The van der Waals surface area contributed by atoms with Gasteiger partial charge in [0.25, 0.3) is 0 Å². The average molecular weight is 324 g/mol. The summed E-state index contributed by atoms with van der Waals surface area (Å²) < 4.78 is 26.7. The van der Waals surface area contributed by atoms with Gasteiger partial charge in [0.15, 0.2) is 23.0 Å². The largest absolute Gasteiger partial charge is 0.454 e. The molecule has 5 rings (SSSR count). The first-order valence-electron chi connectivity index (χ1n) is 7.46. The number of fused-ring (bicyclic) bond motifs is 2. The Bertz CT molecular complexity index is 921. The molecule has 0 unspecified atom stereocenters. The predicted octanol–water partition coefficient (Wildman–Crippen LogP) is 2.78. The lowest BCUT2D eigenvalue weighted by Gasteiger charge is -1.99. The molecule has 0 N–H and O–H groups in total. The summed E-state index contributed by atoms with van der Waals surface area (Å²) in [6.07, 6.45) is 0.522. The zero-order chi connectivity index (χ0) is 15.9. The van der Waals surface area contributed by atoms with Crippen LogP contribution in [0.3, 0.4) is 0 Å². The van der Waals surface area contributed by atoms with Gasteiger partial charge in [-0.05, 0) is 35.9 Å². The van der Waals surface area contributed by atoms with Crippen LogP contribution in [-0.4, -0.2) is 23.7 Å². The van der Waals surface area contributed by atoms with Crippen molar-refractivity contribution in [3.63, 3.8) is 0 Å². The molecule has 0 amide bonds. The van der Waals surface area contributed by atoms with E-state index in [4.69, 9.17) is 23.5 Å². The monoisotopic (exact) mass is 324 g/mol. The van der Waals surface area contributed by atoms with Crippen LogP contribution in [0, 0.1) is 0 Å². The SMILES string of the molecule is c1cc2c(cc1Cc1nc(-c3ccc4c(c3)OCO4)no1)OCO2. The fraction of sp³-hybridized carbons (Fsp3) is 0.176. The molecule has 0 radical (unpaired) electrons. The summed E-state index contributed by atoms with van der Waals surface area (Å²) in [6.45, 7) is 0.494. The van der Waals surface area contributed by atoms with Crippen LogP contribution in [-0.2, 0) is 6.42 Å². The van der Waals surface area contributed by atoms with Gasteiger partial charge in [-0.3, -0.25) is 0 Å². The molecule has 0 atom stereocenters. The number of nitrogens with zero attached hydrogens (tertiary/aromatic N) is 2. The summed E-state index contributed by atoms with van der Waals surface area (Å²) in [5, 5.41) is 4.04. The highest BCUT2D eigenvalue weighted by Gasteiger charge is 2.18. The van der Waals surface area contributed by atoms with Gasteiger partial charge in [0.2, 0.25) is 25.3 Å². The van der Waals surface area contributed by atoms with E-state index in [-0.39, 0.29) is 13.6 Å².